The zero-order valence-electron chi connectivity index (χ0n) is 20.0. The maximum absolute atomic E-state index is 12.2. The van der Waals surface area contributed by atoms with Crippen LogP contribution >= 0.6 is 0 Å². The van der Waals surface area contributed by atoms with E-state index in [0.29, 0.717) is 5.69 Å². The van der Waals surface area contributed by atoms with Crippen molar-refractivity contribution in [2.45, 2.75) is 117 Å². The molecule has 1 aromatic heterocycles. The van der Waals surface area contributed by atoms with E-state index in [1.54, 1.807) is 6.92 Å². The molecule has 32 heavy (non-hydrogen) atoms. The fourth-order valence-corrected chi connectivity index (χ4v) is 3.79. The van der Waals surface area contributed by atoms with E-state index in [9.17, 15) is 19.7 Å². The number of unbranched alkanes of at least 4 members (excludes halogenated alkanes) is 14. The Kier molecular flexibility index (Phi) is 15.0. The number of aromatic nitrogens is 1. The van der Waals surface area contributed by atoms with Crippen LogP contribution in [0.15, 0.2) is 12.1 Å². The number of amides is 2. The Morgan fingerprint density at radius 1 is 0.844 bits per heavy atom. The van der Waals surface area contributed by atoms with Crippen molar-refractivity contribution in [3.63, 3.8) is 0 Å². The normalized spacial score (nSPS) is 10.8. The highest BCUT2D eigenvalue weighted by Gasteiger charge is 2.17. The second-order valence-electron chi connectivity index (χ2n) is 8.69. The smallest absolute Gasteiger partial charge is 0.358 e. The molecule has 0 aliphatic rings. The van der Waals surface area contributed by atoms with Crippen molar-refractivity contribution in [2.75, 3.05) is 0 Å². The molecule has 0 aliphatic carbocycles. The molecule has 1 N–H and O–H groups in total. The van der Waals surface area contributed by atoms with Crippen molar-refractivity contribution in [1.82, 2.24) is 10.3 Å². The van der Waals surface area contributed by atoms with Gasteiger partial charge in [0.15, 0.2) is 5.69 Å². The molecule has 7 heteroatoms. The van der Waals surface area contributed by atoms with Gasteiger partial charge in [0.05, 0.1) is 5.56 Å². The Morgan fingerprint density at radius 3 is 1.78 bits per heavy atom. The Labute approximate surface area is 192 Å². The van der Waals surface area contributed by atoms with Gasteiger partial charge in [0.2, 0.25) is 5.91 Å². The van der Waals surface area contributed by atoms with E-state index >= 15 is 0 Å². The summed E-state index contributed by atoms with van der Waals surface area (Å²) in [7, 11) is 0. The number of nitrogens with one attached hydrogen (secondary N) is 1. The van der Waals surface area contributed by atoms with E-state index < -0.39 is 16.6 Å². The summed E-state index contributed by atoms with van der Waals surface area (Å²) in [5.41, 5.74) is 0.438. The van der Waals surface area contributed by atoms with Crippen LogP contribution in [0.3, 0.4) is 0 Å². The summed E-state index contributed by atoms with van der Waals surface area (Å²) < 4.78 is 0. The van der Waals surface area contributed by atoms with Gasteiger partial charge in [0.1, 0.15) is 0 Å². The molecule has 0 atom stereocenters. The fraction of sp³-hybridized carbons (Fsp3) is 0.720. The summed E-state index contributed by atoms with van der Waals surface area (Å²) in [5, 5.41) is 13.2. The number of pyridine rings is 1. The van der Waals surface area contributed by atoms with Crippen LogP contribution in [0, 0.1) is 17.0 Å². The van der Waals surface area contributed by atoms with Crippen molar-refractivity contribution in [2.24, 2.45) is 0 Å². The maximum atomic E-state index is 12.2. The lowest BCUT2D eigenvalue weighted by molar-refractivity contribution is -0.389. The molecule has 0 spiro atoms. The van der Waals surface area contributed by atoms with Gasteiger partial charge in [-0.2, -0.15) is 0 Å². The summed E-state index contributed by atoms with van der Waals surface area (Å²) in [6, 6.07) is 2.52. The predicted octanol–water partition coefficient (Wildman–Crippen LogP) is 6.82. The van der Waals surface area contributed by atoms with E-state index in [2.05, 4.69) is 17.2 Å². The predicted molar refractivity (Wildman–Crippen MR) is 128 cm³/mol. The number of nitro groups is 1. The Bertz CT molecular complexity index is 706. The quantitative estimate of drug-likeness (QED) is 0.151. The highest BCUT2D eigenvalue weighted by atomic mass is 16.6. The van der Waals surface area contributed by atoms with Gasteiger partial charge in [0.25, 0.3) is 5.91 Å². The minimum Gasteiger partial charge on any atom is -0.358 e. The number of carbonyl (C=O) groups is 2. The van der Waals surface area contributed by atoms with Crippen LogP contribution < -0.4 is 5.32 Å². The highest BCUT2D eigenvalue weighted by molar-refractivity contribution is 6.04. The Balaban J connectivity index is 2.02. The SMILES string of the molecule is CCCCCCCCCCCCCCCCCC(=O)NC(=O)c1cc(C)nc([N+](=O)[O-])c1. The molecule has 0 radical (unpaired) electrons. The van der Waals surface area contributed by atoms with Crippen molar-refractivity contribution in [1.29, 1.82) is 0 Å². The average Bonchev–Trinajstić information content (AvgIpc) is 2.75. The lowest BCUT2D eigenvalue weighted by Crippen LogP contribution is -2.30. The molecule has 0 aromatic carbocycles. The summed E-state index contributed by atoms with van der Waals surface area (Å²) in [6.45, 7) is 3.82. The van der Waals surface area contributed by atoms with Gasteiger partial charge in [-0.25, -0.2) is 0 Å². The summed E-state index contributed by atoms with van der Waals surface area (Å²) in [5.74, 6) is -1.36. The molecule has 7 nitrogen and oxygen atoms in total. The molecule has 2 amide bonds. The number of rotatable bonds is 18. The monoisotopic (exact) mass is 447 g/mol. The van der Waals surface area contributed by atoms with E-state index in [1.165, 1.54) is 83.1 Å². The minimum absolute atomic E-state index is 0.0778. The van der Waals surface area contributed by atoms with Gasteiger partial charge in [-0.15, -0.1) is 0 Å². The van der Waals surface area contributed by atoms with Crippen molar-refractivity contribution < 1.29 is 14.5 Å². The third-order valence-corrected chi connectivity index (χ3v) is 5.65. The van der Waals surface area contributed by atoms with Crippen LogP contribution in [0.1, 0.15) is 126 Å². The average molecular weight is 448 g/mol. The van der Waals surface area contributed by atoms with Crippen LogP contribution in [0.4, 0.5) is 5.82 Å². The van der Waals surface area contributed by atoms with Crippen molar-refractivity contribution >= 4 is 17.6 Å². The zero-order valence-corrected chi connectivity index (χ0v) is 20.0. The number of imide groups is 1. The number of aryl methyl sites for hydroxylation is 1. The number of hydrogen-bond donors (Lipinski definition) is 1. The van der Waals surface area contributed by atoms with Gasteiger partial charge in [0, 0.05) is 19.4 Å². The number of carbonyl (C=O) groups excluding carboxylic acids is 2. The third-order valence-electron chi connectivity index (χ3n) is 5.65. The molecule has 0 saturated heterocycles. The summed E-state index contributed by atoms with van der Waals surface area (Å²) in [4.78, 5) is 38.1. The van der Waals surface area contributed by atoms with Crippen LogP contribution in [-0.2, 0) is 4.79 Å². The Morgan fingerprint density at radius 2 is 1.31 bits per heavy atom. The van der Waals surface area contributed by atoms with Crippen molar-refractivity contribution in [3.05, 3.63) is 33.5 Å². The molecule has 1 rings (SSSR count). The molecule has 0 bridgehead atoms. The molecule has 1 heterocycles. The molecule has 0 aliphatic heterocycles. The first-order valence-corrected chi connectivity index (χ1v) is 12.4. The van der Waals surface area contributed by atoms with E-state index in [1.807, 2.05) is 0 Å². The second-order valence-corrected chi connectivity index (χ2v) is 8.69. The lowest BCUT2D eigenvalue weighted by atomic mass is 10.0. The second kappa shape index (κ2) is 17.3. The molecule has 0 saturated carbocycles. The van der Waals surface area contributed by atoms with Gasteiger partial charge in [-0.3, -0.25) is 14.9 Å². The van der Waals surface area contributed by atoms with Gasteiger partial charge >= 0.3 is 5.82 Å². The van der Waals surface area contributed by atoms with Gasteiger partial charge in [-0.05, 0) is 22.4 Å². The first kappa shape index (κ1) is 27.7. The van der Waals surface area contributed by atoms with Crippen LogP contribution in [0.25, 0.3) is 0 Å². The first-order chi connectivity index (χ1) is 15.4. The number of nitrogens with zero attached hydrogens (tertiary/aromatic N) is 2. The maximum Gasteiger partial charge on any atom is 0.364 e. The third kappa shape index (κ3) is 13.2. The van der Waals surface area contributed by atoms with Gasteiger partial charge in [-0.1, -0.05) is 96.8 Å². The van der Waals surface area contributed by atoms with Crippen LogP contribution in [0.2, 0.25) is 0 Å². The lowest BCUT2D eigenvalue weighted by Gasteiger charge is -2.05. The standard InChI is InChI=1S/C25H41N3O4/c1-3-4-5-6-7-8-9-10-11-12-13-14-15-16-17-18-24(29)27-25(30)22-19-21(2)26-23(20-22)28(31)32/h19-20H,3-18H2,1-2H3,(H,27,29,30). The molecule has 180 valence electrons. The largest absolute Gasteiger partial charge is 0.364 e. The topological polar surface area (TPSA) is 102 Å². The summed E-state index contributed by atoms with van der Waals surface area (Å²) in [6.07, 6.45) is 19.1. The first-order valence-electron chi connectivity index (χ1n) is 12.4. The van der Waals surface area contributed by atoms with E-state index in [-0.39, 0.29) is 17.9 Å². The van der Waals surface area contributed by atoms with Crippen LogP contribution in [0.5, 0.6) is 0 Å². The summed E-state index contributed by atoms with van der Waals surface area (Å²) >= 11 is 0. The fourth-order valence-electron chi connectivity index (χ4n) is 3.79. The molecule has 0 unspecified atom stereocenters. The molecule has 0 fully saturated rings. The number of hydrogen-bond acceptors (Lipinski definition) is 5. The van der Waals surface area contributed by atoms with E-state index in [4.69, 9.17) is 0 Å². The van der Waals surface area contributed by atoms with Crippen LogP contribution in [-0.4, -0.2) is 21.7 Å². The molecule has 1 aromatic rings. The van der Waals surface area contributed by atoms with E-state index in [0.717, 1.165) is 25.3 Å². The highest BCUT2D eigenvalue weighted by Crippen LogP contribution is 2.14. The Hall–Kier alpha value is -2.31. The molecular formula is C25H41N3O4. The zero-order chi connectivity index (χ0) is 23.6. The van der Waals surface area contributed by atoms with Gasteiger partial charge < -0.3 is 10.1 Å². The minimum atomic E-state index is -0.652. The van der Waals surface area contributed by atoms with Crippen molar-refractivity contribution in [3.8, 4) is 0 Å². The molecular weight excluding hydrogens is 406 g/mol.